The van der Waals surface area contributed by atoms with Crippen LogP contribution in [0.15, 0.2) is 134 Å². The van der Waals surface area contributed by atoms with Gasteiger partial charge in [-0.3, -0.25) is 0 Å². The Labute approximate surface area is 208 Å². The van der Waals surface area contributed by atoms with Gasteiger partial charge in [0.05, 0.1) is 22.2 Å². The van der Waals surface area contributed by atoms with Crippen LogP contribution in [0.2, 0.25) is 0 Å². The molecule has 0 N–H and O–H groups in total. The van der Waals surface area contributed by atoms with E-state index in [9.17, 15) is 0 Å². The zero-order chi connectivity index (χ0) is 23.6. The van der Waals surface area contributed by atoms with Crippen molar-refractivity contribution in [1.29, 1.82) is 0 Å². The lowest BCUT2D eigenvalue weighted by molar-refractivity contribution is 1.13. The first kappa shape index (κ1) is 19.5. The maximum Gasteiger partial charge on any atom is 0.0618 e. The lowest BCUT2D eigenvalue weighted by Crippen LogP contribution is -1.98. The molecular weight excluding hydrogens is 436 g/mol. The Bertz CT molecular complexity index is 2040. The highest BCUT2D eigenvalue weighted by Gasteiger charge is 2.18. The first-order chi connectivity index (χ1) is 17.9. The van der Waals surface area contributed by atoms with Crippen molar-refractivity contribution in [2.24, 2.45) is 0 Å². The molecule has 0 radical (unpaired) electrons. The third-order valence-electron chi connectivity index (χ3n) is 7.48. The van der Waals surface area contributed by atoms with Crippen LogP contribution < -0.4 is 0 Å². The van der Waals surface area contributed by atoms with E-state index in [1.165, 1.54) is 65.6 Å². The minimum atomic E-state index is 1.17. The van der Waals surface area contributed by atoms with Crippen molar-refractivity contribution in [2.75, 3.05) is 0 Å². The Balaban J connectivity index is 1.59. The SMILES string of the molecule is c1ccc(-n2ccc3cc4c5ccccc5n(-c5c6ccccc6cc6ccccc56)c4cc32)cc1. The van der Waals surface area contributed by atoms with E-state index < -0.39 is 0 Å². The van der Waals surface area contributed by atoms with Crippen LogP contribution in [0.3, 0.4) is 0 Å². The number of fused-ring (bicyclic) bond motifs is 6. The monoisotopic (exact) mass is 458 g/mol. The second kappa shape index (κ2) is 7.34. The van der Waals surface area contributed by atoms with Crippen molar-refractivity contribution in [3.05, 3.63) is 134 Å². The Morgan fingerprint density at radius 2 is 1.03 bits per heavy atom. The molecule has 0 aliphatic rings. The Morgan fingerprint density at radius 1 is 0.389 bits per heavy atom. The quantitative estimate of drug-likeness (QED) is 0.229. The van der Waals surface area contributed by atoms with Gasteiger partial charge in [-0.2, -0.15) is 0 Å². The summed E-state index contributed by atoms with van der Waals surface area (Å²) in [4.78, 5) is 0. The summed E-state index contributed by atoms with van der Waals surface area (Å²) >= 11 is 0. The van der Waals surface area contributed by atoms with Crippen LogP contribution in [0.25, 0.3) is 65.6 Å². The van der Waals surface area contributed by atoms with Crippen molar-refractivity contribution in [3.63, 3.8) is 0 Å². The molecule has 6 aromatic carbocycles. The van der Waals surface area contributed by atoms with E-state index >= 15 is 0 Å². The fraction of sp³-hybridized carbons (Fsp3) is 0. The Morgan fingerprint density at radius 3 is 1.78 bits per heavy atom. The Kier molecular flexibility index (Phi) is 3.97. The van der Waals surface area contributed by atoms with E-state index in [4.69, 9.17) is 0 Å². The highest BCUT2D eigenvalue weighted by atomic mass is 15.0. The summed E-state index contributed by atoms with van der Waals surface area (Å²) in [5.41, 5.74) is 6.08. The molecule has 2 nitrogen and oxygen atoms in total. The van der Waals surface area contributed by atoms with Gasteiger partial charge in [-0.15, -0.1) is 0 Å². The number of benzene rings is 6. The normalized spacial score (nSPS) is 11.9. The summed E-state index contributed by atoms with van der Waals surface area (Å²) in [5.74, 6) is 0. The summed E-state index contributed by atoms with van der Waals surface area (Å²) in [6.07, 6.45) is 2.18. The molecule has 0 bridgehead atoms. The van der Waals surface area contributed by atoms with Crippen molar-refractivity contribution < 1.29 is 0 Å². The molecule has 0 aliphatic heterocycles. The third-order valence-corrected chi connectivity index (χ3v) is 7.48. The topological polar surface area (TPSA) is 9.86 Å². The molecule has 36 heavy (non-hydrogen) atoms. The molecule has 8 aromatic rings. The van der Waals surface area contributed by atoms with Crippen LogP contribution in [-0.2, 0) is 0 Å². The highest BCUT2D eigenvalue weighted by molar-refractivity contribution is 6.17. The molecule has 0 amide bonds. The van der Waals surface area contributed by atoms with E-state index in [0.717, 1.165) is 0 Å². The molecule has 0 saturated heterocycles. The average Bonchev–Trinajstić information content (AvgIpc) is 3.49. The molecule has 0 fully saturated rings. The number of nitrogens with zero attached hydrogens (tertiary/aromatic N) is 2. The number of aromatic nitrogens is 2. The van der Waals surface area contributed by atoms with Crippen LogP contribution in [-0.4, -0.2) is 9.13 Å². The van der Waals surface area contributed by atoms with Gasteiger partial charge in [0.15, 0.2) is 0 Å². The fourth-order valence-electron chi connectivity index (χ4n) is 5.88. The zero-order valence-electron chi connectivity index (χ0n) is 19.6. The summed E-state index contributed by atoms with van der Waals surface area (Å²) < 4.78 is 4.77. The predicted molar refractivity (Wildman–Crippen MR) is 153 cm³/mol. The Hall–Kier alpha value is -4.82. The molecule has 0 spiro atoms. The molecule has 2 aromatic heterocycles. The average molecular weight is 459 g/mol. The van der Waals surface area contributed by atoms with Crippen LogP contribution in [0.1, 0.15) is 0 Å². The zero-order valence-corrected chi connectivity index (χ0v) is 19.6. The van der Waals surface area contributed by atoms with Gasteiger partial charge in [-0.1, -0.05) is 84.9 Å². The number of hydrogen-bond acceptors (Lipinski definition) is 0. The predicted octanol–water partition coefficient (Wildman–Crippen LogP) is 9.03. The van der Waals surface area contributed by atoms with Crippen LogP contribution in [0.4, 0.5) is 0 Å². The molecule has 8 rings (SSSR count). The molecule has 2 heterocycles. The third kappa shape index (κ3) is 2.67. The van der Waals surface area contributed by atoms with E-state index in [1.807, 2.05) is 0 Å². The van der Waals surface area contributed by atoms with Gasteiger partial charge >= 0.3 is 0 Å². The molecule has 0 unspecified atom stereocenters. The van der Waals surface area contributed by atoms with Gasteiger partial charge in [0.2, 0.25) is 0 Å². The van der Waals surface area contributed by atoms with Gasteiger partial charge < -0.3 is 9.13 Å². The van der Waals surface area contributed by atoms with Gasteiger partial charge in [-0.25, -0.2) is 0 Å². The summed E-state index contributed by atoms with van der Waals surface area (Å²) in [5, 5.41) is 8.84. The summed E-state index contributed by atoms with van der Waals surface area (Å²) in [7, 11) is 0. The van der Waals surface area contributed by atoms with Gasteiger partial charge in [0.1, 0.15) is 0 Å². The number of hydrogen-bond donors (Lipinski definition) is 0. The first-order valence-corrected chi connectivity index (χ1v) is 12.4. The fourth-order valence-corrected chi connectivity index (χ4v) is 5.88. The molecule has 168 valence electrons. The maximum atomic E-state index is 2.48. The lowest BCUT2D eigenvalue weighted by Gasteiger charge is -2.16. The van der Waals surface area contributed by atoms with Crippen LogP contribution in [0.5, 0.6) is 0 Å². The van der Waals surface area contributed by atoms with Crippen molar-refractivity contribution >= 4 is 54.3 Å². The smallest absolute Gasteiger partial charge is 0.0618 e. The minimum absolute atomic E-state index is 1.17. The summed E-state index contributed by atoms with van der Waals surface area (Å²) in [6.45, 7) is 0. The lowest BCUT2D eigenvalue weighted by atomic mass is 10.0. The molecular formula is C34H22N2. The molecule has 0 saturated carbocycles. The highest BCUT2D eigenvalue weighted by Crippen LogP contribution is 2.40. The minimum Gasteiger partial charge on any atom is -0.316 e. The largest absolute Gasteiger partial charge is 0.316 e. The maximum absolute atomic E-state index is 2.48. The number of rotatable bonds is 2. The summed E-state index contributed by atoms with van der Waals surface area (Å²) in [6, 6.07) is 46.1. The molecule has 0 aliphatic carbocycles. The van der Waals surface area contributed by atoms with Crippen molar-refractivity contribution in [3.8, 4) is 11.4 Å². The van der Waals surface area contributed by atoms with Gasteiger partial charge in [0, 0.05) is 38.8 Å². The second-order valence-corrected chi connectivity index (χ2v) is 9.47. The van der Waals surface area contributed by atoms with E-state index in [2.05, 4.69) is 143 Å². The van der Waals surface area contributed by atoms with Crippen LogP contribution in [0, 0.1) is 0 Å². The van der Waals surface area contributed by atoms with Crippen LogP contribution >= 0.6 is 0 Å². The first-order valence-electron chi connectivity index (χ1n) is 12.4. The second-order valence-electron chi connectivity index (χ2n) is 9.47. The van der Waals surface area contributed by atoms with Gasteiger partial charge in [0.25, 0.3) is 0 Å². The van der Waals surface area contributed by atoms with Crippen molar-refractivity contribution in [2.45, 2.75) is 0 Å². The van der Waals surface area contributed by atoms with E-state index in [1.54, 1.807) is 0 Å². The van der Waals surface area contributed by atoms with Gasteiger partial charge in [-0.05, 0) is 53.2 Å². The standard InChI is InChI=1S/C34H22N2/c1-2-12-26(13-3-1)35-19-18-25-21-30-29-16-8-9-17-31(29)36(33(30)22-32(25)35)34-27-14-6-4-10-23(27)20-24-11-5-7-15-28(24)34/h1-22H. The number of para-hydroxylation sites is 2. The van der Waals surface area contributed by atoms with E-state index in [-0.39, 0.29) is 0 Å². The molecule has 0 atom stereocenters. The van der Waals surface area contributed by atoms with Crippen molar-refractivity contribution in [1.82, 2.24) is 9.13 Å². The molecule has 2 heteroatoms. The van der Waals surface area contributed by atoms with E-state index in [0.29, 0.717) is 0 Å².